The third-order valence-electron chi connectivity index (χ3n) is 2.81. The molecule has 1 aromatic heterocycles. The fourth-order valence-electron chi connectivity index (χ4n) is 1.90. The van der Waals surface area contributed by atoms with Gasteiger partial charge in [-0.05, 0) is 31.5 Å². The van der Waals surface area contributed by atoms with Gasteiger partial charge in [-0.25, -0.2) is 4.79 Å². The summed E-state index contributed by atoms with van der Waals surface area (Å²) in [5.41, 5.74) is 3.84. The van der Waals surface area contributed by atoms with Crippen LogP contribution in [0.1, 0.15) is 21.6 Å². The van der Waals surface area contributed by atoms with E-state index in [1.807, 2.05) is 54.9 Å². The van der Waals surface area contributed by atoms with E-state index in [2.05, 4.69) is 0 Å². The molecule has 1 heterocycles. The molecule has 17 heavy (non-hydrogen) atoms. The first-order chi connectivity index (χ1) is 8.13. The van der Waals surface area contributed by atoms with Gasteiger partial charge in [0.1, 0.15) is 0 Å². The largest absolute Gasteiger partial charge is 0.465 e. The minimum atomic E-state index is -0.305. The molecule has 3 nitrogen and oxygen atoms in total. The Kier molecular flexibility index (Phi) is 3.00. The fraction of sp³-hybridized carbons (Fsp3) is 0.214. The summed E-state index contributed by atoms with van der Waals surface area (Å²) in [5.74, 6) is -0.305. The molecule has 0 aliphatic carbocycles. The highest BCUT2D eigenvalue weighted by molar-refractivity contribution is 5.89. The van der Waals surface area contributed by atoms with Crippen LogP contribution in [0.3, 0.4) is 0 Å². The number of carbonyl (C=O) groups is 1. The van der Waals surface area contributed by atoms with Gasteiger partial charge in [-0.2, -0.15) is 0 Å². The maximum Gasteiger partial charge on any atom is 0.339 e. The van der Waals surface area contributed by atoms with Crippen LogP contribution in [-0.2, 0) is 4.74 Å². The Hall–Kier alpha value is -2.03. The maximum atomic E-state index is 11.5. The van der Waals surface area contributed by atoms with Crippen molar-refractivity contribution in [2.24, 2.45) is 0 Å². The molecule has 88 valence electrons. The van der Waals surface area contributed by atoms with E-state index in [0.717, 1.165) is 11.4 Å². The average molecular weight is 229 g/mol. The molecule has 0 amide bonds. The van der Waals surface area contributed by atoms with E-state index in [9.17, 15) is 4.79 Å². The van der Waals surface area contributed by atoms with E-state index >= 15 is 0 Å². The summed E-state index contributed by atoms with van der Waals surface area (Å²) in [5, 5.41) is 0. The lowest BCUT2D eigenvalue weighted by molar-refractivity contribution is 0.0601. The van der Waals surface area contributed by atoms with Crippen molar-refractivity contribution in [1.29, 1.82) is 0 Å². The Morgan fingerprint density at radius 2 is 1.94 bits per heavy atom. The summed E-state index contributed by atoms with van der Waals surface area (Å²) in [6, 6.07) is 9.90. The molecule has 0 radical (unpaired) electrons. The van der Waals surface area contributed by atoms with Crippen molar-refractivity contribution in [3.8, 4) is 5.69 Å². The molecule has 0 saturated heterocycles. The standard InChI is InChI=1S/C14H15NO2/c1-10-6-4-5-7-13(10)15-9-12(8-11(15)2)14(16)17-3/h4-9H,1-3H3. The fourth-order valence-corrected chi connectivity index (χ4v) is 1.90. The van der Waals surface area contributed by atoms with Crippen molar-refractivity contribution < 1.29 is 9.53 Å². The topological polar surface area (TPSA) is 31.2 Å². The van der Waals surface area contributed by atoms with E-state index in [1.165, 1.54) is 12.7 Å². The number of hydrogen-bond acceptors (Lipinski definition) is 2. The second-order valence-electron chi connectivity index (χ2n) is 4.02. The van der Waals surface area contributed by atoms with Crippen LogP contribution in [0.4, 0.5) is 0 Å². The molecule has 0 atom stereocenters. The summed E-state index contributed by atoms with van der Waals surface area (Å²) in [4.78, 5) is 11.5. The number of nitrogens with zero attached hydrogens (tertiary/aromatic N) is 1. The summed E-state index contributed by atoms with van der Waals surface area (Å²) < 4.78 is 6.72. The number of ether oxygens (including phenoxy) is 1. The van der Waals surface area contributed by atoms with Crippen LogP contribution in [0, 0.1) is 13.8 Å². The highest BCUT2D eigenvalue weighted by Gasteiger charge is 2.11. The van der Waals surface area contributed by atoms with Gasteiger partial charge in [0.2, 0.25) is 0 Å². The quantitative estimate of drug-likeness (QED) is 0.741. The highest BCUT2D eigenvalue weighted by atomic mass is 16.5. The summed E-state index contributed by atoms with van der Waals surface area (Å²) in [6.45, 7) is 4.02. The lowest BCUT2D eigenvalue weighted by Crippen LogP contribution is -2.00. The third kappa shape index (κ3) is 2.09. The zero-order valence-corrected chi connectivity index (χ0v) is 10.2. The normalized spacial score (nSPS) is 10.3. The van der Waals surface area contributed by atoms with Gasteiger partial charge in [0.15, 0.2) is 0 Å². The number of hydrogen-bond donors (Lipinski definition) is 0. The van der Waals surface area contributed by atoms with E-state index in [1.54, 1.807) is 0 Å². The molecular weight excluding hydrogens is 214 g/mol. The first kappa shape index (κ1) is 11.5. The Morgan fingerprint density at radius 1 is 1.24 bits per heavy atom. The maximum absolute atomic E-state index is 11.5. The zero-order chi connectivity index (χ0) is 12.4. The van der Waals surface area contributed by atoms with Crippen molar-refractivity contribution in [3.63, 3.8) is 0 Å². The smallest absolute Gasteiger partial charge is 0.339 e. The predicted molar refractivity (Wildman–Crippen MR) is 66.6 cm³/mol. The lowest BCUT2D eigenvalue weighted by atomic mass is 10.2. The van der Waals surface area contributed by atoms with Crippen LogP contribution in [0.25, 0.3) is 5.69 Å². The Balaban J connectivity index is 2.50. The van der Waals surface area contributed by atoms with Crippen molar-refractivity contribution in [2.75, 3.05) is 7.11 Å². The van der Waals surface area contributed by atoms with Gasteiger partial charge in [0.25, 0.3) is 0 Å². The van der Waals surface area contributed by atoms with Gasteiger partial charge < -0.3 is 9.30 Å². The molecule has 2 aromatic rings. The Morgan fingerprint density at radius 3 is 2.59 bits per heavy atom. The second kappa shape index (κ2) is 4.45. The van der Waals surface area contributed by atoms with Crippen molar-refractivity contribution >= 4 is 5.97 Å². The average Bonchev–Trinajstić information content (AvgIpc) is 2.71. The number of carbonyl (C=O) groups excluding carboxylic acids is 1. The first-order valence-corrected chi connectivity index (χ1v) is 5.47. The van der Waals surface area contributed by atoms with Gasteiger partial charge >= 0.3 is 5.97 Å². The predicted octanol–water partition coefficient (Wildman–Crippen LogP) is 2.88. The monoisotopic (exact) mass is 229 g/mol. The van der Waals surface area contributed by atoms with Gasteiger partial charge in [0.05, 0.1) is 12.7 Å². The van der Waals surface area contributed by atoms with E-state index in [-0.39, 0.29) is 5.97 Å². The van der Waals surface area contributed by atoms with E-state index in [4.69, 9.17) is 4.74 Å². The molecule has 0 aliphatic heterocycles. The Labute approximate surface area is 101 Å². The molecule has 0 saturated carbocycles. The van der Waals surface area contributed by atoms with E-state index < -0.39 is 0 Å². The SMILES string of the molecule is COC(=O)c1cc(C)n(-c2ccccc2C)c1. The van der Waals surface area contributed by atoms with Crippen molar-refractivity contribution in [3.05, 3.63) is 53.3 Å². The zero-order valence-electron chi connectivity index (χ0n) is 10.2. The van der Waals surface area contributed by atoms with Gasteiger partial charge in [-0.15, -0.1) is 0 Å². The summed E-state index contributed by atoms with van der Waals surface area (Å²) in [7, 11) is 1.39. The first-order valence-electron chi connectivity index (χ1n) is 5.47. The van der Waals surface area contributed by atoms with Crippen LogP contribution < -0.4 is 0 Å². The summed E-state index contributed by atoms with van der Waals surface area (Å²) in [6.07, 6.45) is 1.81. The molecule has 3 heteroatoms. The number of aryl methyl sites for hydroxylation is 2. The van der Waals surface area contributed by atoms with Crippen LogP contribution in [0.15, 0.2) is 36.5 Å². The highest BCUT2D eigenvalue weighted by Crippen LogP contribution is 2.18. The molecule has 0 aliphatic rings. The van der Waals surface area contributed by atoms with Crippen LogP contribution in [0.2, 0.25) is 0 Å². The number of rotatable bonds is 2. The van der Waals surface area contributed by atoms with Crippen LogP contribution >= 0.6 is 0 Å². The Bertz CT molecular complexity index is 555. The molecule has 0 unspecified atom stereocenters. The van der Waals surface area contributed by atoms with Crippen LogP contribution in [-0.4, -0.2) is 17.6 Å². The number of aromatic nitrogens is 1. The number of methoxy groups -OCH3 is 1. The molecule has 1 aromatic carbocycles. The number of benzene rings is 1. The minimum Gasteiger partial charge on any atom is -0.465 e. The second-order valence-corrected chi connectivity index (χ2v) is 4.02. The minimum absolute atomic E-state index is 0.305. The van der Waals surface area contributed by atoms with Gasteiger partial charge in [-0.1, -0.05) is 18.2 Å². The molecule has 0 N–H and O–H groups in total. The molecule has 0 spiro atoms. The van der Waals surface area contributed by atoms with E-state index in [0.29, 0.717) is 5.56 Å². The third-order valence-corrected chi connectivity index (χ3v) is 2.81. The van der Waals surface area contributed by atoms with Crippen molar-refractivity contribution in [2.45, 2.75) is 13.8 Å². The number of para-hydroxylation sites is 1. The lowest BCUT2D eigenvalue weighted by Gasteiger charge is -2.08. The van der Waals surface area contributed by atoms with Crippen LogP contribution in [0.5, 0.6) is 0 Å². The number of esters is 1. The summed E-state index contributed by atoms with van der Waals surface area (Å²) >= 11 is 0. The molecular formula is C14H15NO2. The molecule has 2 rings (SSSR count). The van der Waals surface area contributed by atoms with Crippen molar-refractivity contribution in [1.82, 2.24) is 4.57 Å². The molecule has 0 fully saturated rings. The van der Waals surface area contributed by atoms with Gasteiger partial charge in [-0.3, -0.25) is 0 Å². The molecule has 0 bridgehead atoms. The van der Waals surface area contributed by atoms with Gasteiger partial charge in [0, 0.05) is 17.6 Å².